The molecule has 2 rings (SSSR count). The molecule has 0 spiro atoms. The van der Waals surface area contributed by atoms with E-state index in [1.807, 2.05) is 25.2 Å². The predicted molar refractivity (Wildman–Crippen MR) is 78.4 cm³/mol. The van der Waals surface area contributed by atoms with E-state index in [9.17, 15) is 0 Å². The maximum absolute atomic E-state index is 4.55. The van der Waals surface area contributed by atoms with Gasteiger partial charge in [0.25, 0.3) is 0 Å². The quantitative estimate of drug-likeness (QED) is 0.806. The molecule has 0 atom stereocenters. The summed E-state index contributed by atoms with van der Waals surface area (Å²) in [7, 11) is 2.02. The van der Waals surface area contributed by atoms with E-state index in [-0.39, 0.29) is 0 Å². The molecule has 3 nitrogen and oxygen atoms in total. The summed E-state index contributed by atoms with van der Waals surface area (Å²) in [5.41, 5.74) is 2.39. The van der Waals surface area contributed by atoms with E-state index in [1.165, 1.54) is 5.56 Å². The second-order valence-electron chi connectivity index (χ2n) is 4.16. The van der Waals surface area contributed by atoms with Gasteiger partial charge in [-0.1, -0.05) is 25.1 Å². The Labute approximate surface area is 116 Å². The van der Waals surface area contributed by atoms with Crippen LogP contribution in [0, 0.1) is 6.92 Å². The molecule has 0 aliphatic carbocycles. The van der Waals surface area contributed by atoms with Crippen LogP contribution in [0.3, 0.4) is 0 Å². The van der Waals surface area contributed by atoms with Crippen LogP contribution in [0.1, 0.15) is 18.3 Å². The second kappa shape index (κ2) is 5.48. The van der Waals surface area contributed by atoms with E-state index in [0.717, 1.165) is 28.4 Å². The van der Waals surface area contributed by atoms with Gasteiger partial charge in [-0.2, -0.15) is 0 Å². The van der Waals surface area contributed by atoms with E-state index in [1.54, 1.807) is 0 Å². The zero-order valence-corrected chi connectivity index (χ0v) is 12.4. The molecule has 18 heavy (non-hydrogen) atoms. The van der Waals surface area contributed by atoms with Crippen molar-refractivity contribution in [2.45, 2.75) is 20.3 Å². The minimum absolute atomic E-state index is 0.824. The standard InChI is InChI=1S/C14H16BrN3/c1-4-13-16-12(15)9-14(17-13)18(3)11-8-6-5-7-10(11)2/h5-9H,4H2,1-3H3. The summed E-state index contributed by atoms with van der Waals surface area (Å²) in [6.07, 6.45) is 0.827. The zero-order valence-electron chi connectivity index (χ0n) is 10.8. The van der Waals surface area contributed by atoms with Crippen molar-refractivity contribution >= 4 is 27.4 Å². The third-order valence-electron chi connectivity index (χ3n) is 2.86. The first-order valence-corrected chi connectivity index (χ1v) is 6.74. The highest BCUT2D eigenvalue weighted by Crippen LogP contribution is 2.26. The molecular formula is C14H16BrN3. The molecule has 0 bridgehead atoms. The molecule has 1 heterocycles. The van der Waals surface area contributed by atoms with Crippen molar-refractivity contribution in [1.82, 2.24) is 9.97 Å². The summed E-state index contributed by atoms with van der Waals surface area (Å²) in [6.45, 7) is 4.15. The molecule has 0 saturated carbocycles. The average Bonchev–Trinajstić information content (AvgIpc) is 2.37. The highest BCUT2D eigenvalue weighted by atomic mass is 79.9. The molecule has 4 heteroatoms. The van der Waals surface area contributed by atoms with Crippen molar-refractivity contribution < 1.29 is 0 Å². The third kappa shape index (κ3) is 2.70. The topological polar surface area (TPSA) is 29.0 Å². The van der Waals surface area contributed by atoms with Gasteiger partial charge in [-0.3, -0.25) is 0 Å². The van der Waals surface area contributed by atoms with Crippen LogP contribution in [0.5, 0.6) is 0 Å². The molecule has 0 unspecified atom stereocenters. The molecule has 0 fully saturated rings. The zero-order chi connectivity index (χ0) is 13.1. The van der Waals surface area contributed by atoms with Crippen molar-refractivity contribution in [3.8, 4) is 0 Å². The van der Waals surface area contributed by atoms with Crippen molar-refractivity contribution in [3.63, 3.8) is 0 Å². The first-order chi connectivity index (χ1) is 8.61. The van der Waals surface area contributed by atoms with Gasteiger partial charge >= 0.3 is 0 Å². The third-order valence-corrected chi connectivity index (χ3v) is 3.27. The van der Waals surface area contributed by atoms with Crippen LogP contribution in [-0.4, -0.2) is 17.0 Å². The number of aryl methyl sites for hydroxylation is 2. The maximum atomic E-state index is 4.55. The molecule has 0 aliphatic rings. The van der Waals surface area contributed by atoms with E-state index in [4.69, 9.17) is 0 Å². The molecule has 0 saturated heterocycles. The number of hydrogen-bond donors (Lipinski definition) is 0. The van der Waals surface area contributed by atoms with Gasteiger partial charge in [0.15, 0.2) is 0 Å². The Bertz CT molecular complexity index is 554. The average molecular weight is 306 g/mol. The smallest absolute Gasteiger partial charge is 0.137 e. The summed E-state index contributed by atoms with van der Waals surface area (Å²) in [4.78, 5) is 11.0. The van der Waals surface area contributed by atoms with Gasteiger partial charge in [0.05, 0.1) is 0 Å². The summed E-state index contributed by atoms with van der Waals surface area (Å²) in [5.74, 6) is 1.75. The first kappa shape index (κ1) is 13.0. The Hall–Kier alpha value is -1.42. The van der Waals surface area contributed by atoms with Gasteiger partial charge in [-0.15, -0.1) is 0 Å². The Balaban J connectivity index is 2.43. The van der Waals surface area contributed by atoms with Gasteiger partial charge in [-0.25, -0.2) is 9.97 Å². The Morgan fingerprint density at radius 3 is 2.61 bits per heavy atom. The van der Waals surface area contributed by atoms with Gasteiger partial charge in [0.2, 0.25) is 0 Å². The van der Waals surface area contributed by atoms with Crippen LogP contribution in [0.15, 0.2) is 34.9 Å². The van der Waals surface area contributed by atoms with E-state index >= 15 is 0 Å². The van der Waals surface area contributed by atoms with Crippen LogP contribution < -0.4 is 4.90 Å². The lowest BCUT2D eigenvalue weighted by Gasteiger charge is -2.21. The fraction of sp³-hybridized carbons (Fsp3) is 0.286. The summed E-state index contributed by atoms with van der Waals surface area (Å²) in [6, 6.07) is 10.2. The molecule has 0 amide bonds. The van der Waals surface area contributed by atoms with E-state index in [0.29, 0.717) is 0 Å². The van der Waals surface area contributed by atoms with Crippen LogP contribution in [0.25, 0.3) is 0 Å². The SMILES string of the molecule is CCc1nc(Br)cc(N(C)c2ccccc2C)n1. The lowest BCUT2D eigenvalue weighted by molar-refractivity contribution is 0.914. The molecule has 94 valence electrons. The van der Waals surface area contributed by atoms with E-state index in [2.05, 4.69) is 56.8 Å². The highest BCUT2D eigenvalue weighted by molar-refractivity contribution is 9.10. The first-order valence-electron chi connectivity index (χ1n) is 5.94. The molecule has 2 aromatic rings. The number of rotatable bonds is 3. The lowest BCUT2D eigenvalue weighted by Crippen LogP contribution is -2.13. The van der Waals surface area contributed by atoms with E-state index < -0.39 is 0 Å². The molecule has 0 N–H and O–H groups in total. The van der Waals surface area contributed by atoms with Crippen LogP contribution in [0.2, 0.25) is 0 Å². The maximum Gasteiger partial charge on any atom is 0.137 e. The Morgan fingerprint density at radius 1 is 1.22 bits per heavy atom. The monoisotopic (exact) mass is 305 g/mol. The van der Waals surface area contributed by atoms with Crippen LogP contribution >= 0.6 is 15.9 Å². The van der Waals surface area contributed by atoms with Crippen molar-refractivity contribution in [1.29, 1.82) is 0 Å². The Kier molecular flexibility index (Phi) is 3.97. The van der Waals surface area contributed by atoms with Crippen molar-refractivity contribution in [2.75, 3.05) is 11.9 Å². The molecule has 1 aromatic heterocycles. The molecule has 0 aliphatic heterocycles. The van der Waals surface area contributed by atoms with Crippen molar-refractivity contribution in [2.24, 2.45) is 0 Å². The second-order valence-corrected chi connectivity index (χ2v) is 4.98. The van der Waals surface area contributed by atoms with Crippen molar-refractivity contribution in [3.05, 3.63) is 46.3 Å². The number of halogens is 1. The van der Waals surface area contributed by atoms with Gasteiger partial charge in [0, 0.05) is 25.2 Å². The minimum atomic E-state index is 0.824. The molecule has 1 aromatic carbocycles. The normalized spacial score (nSPS) is 10.4. The number of para-hydroxylation sites is 1. The Morgan fingerprint density at radius 2 is 1.94 bits per heavy atom. The molecule has 0 radical (unpaired) electrons. The fourth-order valence-electron chi connectivity index (χ4n) is 1.84. The number of hydrogen-bond acceptors (Lipinski definition) is 3. The predicted octanol–water partition coefficient (Wildman–Crippen LogP) is 3.88. The largest absolute Gasteiger partial charge is 0.329 e. The van der Waals surface area contributed by atoms with Gasteiger partial charge in [0.1, 0.15) is 16.2 Å². The molecular weight excluding hydrogens is 290 g/mol. The highest BCUT2D eigenvalue weighted by Gasteiger charge is 2.10. The number of nitrogens with zero attached hydrogens (tertiary/aromatic N) is 3. The van der Waals surface area contributed by atoms with Gasteiger partial charge < -0.3 is 4.90 Å². The summed E-state index contributed by atoms with van der Waals surface area (Å²) in [5, 5.41) is 0. The number of anilines is 2. The lowest BCUT2D eigenvalue weighted by atomic mass is 10.2. The fourth-order valence-corrected chi connectivity index (χ4v) is 2.25. The number of aromatic nitrogens is 2. The summed E-state index contributed by atoms with van der Waals surface area (Å²) < 4.78 is 0.824. The number of benzene rings is 1. The summed E-state index contributed by atoms with van der Waals surface area (Å²) >= 11 is 3.44. The van der Waals surface area contributed by atoms with Crippen LogP contribution in [0.4, 0.5) is 11.5 Å². The van der Waals surface area contributed by atoms with Crippen LogP contribution in [-0.2, 0) is 6.42 Å². The van der Waals surface area contributed by atoms with Gasteiger partial charge in [-0.05, 0) is 34.5 Å². The minimum Gasteiger partial charge on any atom is -0.329 e.